The van der Waals surface area contributed by atoms with E-state index in [0.717, 1.165) is 17.5 Å². The highest BCUT2D eigenvalue weighted by molar-refractivity contribution is 6.06. The van der Waals surface area contributed by atoms with Crippen LogP contribution in [0.1, 0.15) is 41.4 Å². The molecule has 10 heteroatoms. The highest BCUT2D eigenvalue weighted by atomic mass is 19.1. The van der Waals surface area contributed by atoms with E-state index < -0.39 is 24.5 Å². The van der Waals surface area contributed by atoms with Crippen LogP contribution in [0.15, 0.2) is 36.4 Å². The Morgan fingerprint density at radius 3 is 2.53 bits per heavy atom. The molecule has 0 spiro atoms. The van der Waals surface area contributed by atoms with Crippen LogP contribution in [-0.2, 0) is 9.53 Å². The fourth-order valence-electron chi connectivity index (χ4n) is 3.28. The third-order valence-electron chi connectivity index (χ3n) is 4.95. The predicted molar refractivity (Wildman–Crippen MR) is 125 cm³/mol. The number of nitrogens with zero attached hydrogens (tertiary/aromatic N) is 2. The third-order valence-corrected chi connectivity index (χ3v) is 4.95. The lowest BCUT2D eigenvalue weighted by Gasteiger charge is -2.11. The first-order valence-corrected chi connectivity index (χ1v) is 10.6. The number of amides is 2. The van der Waals surface area contributed by atoms with Gasteiger partial charge in [-0.05, 0) is 42.3 Å². The maximum atomic E-state index is 13.2. The minimum absolute atomic E-state index is 0.0526. The molecule has 1 heterocycles. The zero-order chi connectivity index (χ0) is 24.7. The maximum Gasteiger partial charge on any atom is 0.342 e. The van der Waals surface area contributed by atoms with E-state index in [4.69, 9.17) is 15.2 Å². The largest absolute Gasteiger partial charge is 0.495 e. The van der Waals surface area contributed by atoms with Gasteiger partial charge in [0.15, 0.2) is 6.61 Å². The first-order chi connectivity index (χ1) is 16.3. The van der Waals surface area contributed by atoms with Crippen molar-refractivity contribution in [3.05, 3.63) is 59.0 Å². The van der Waals surface area contributed by atoms with E-state index in [2.05, 4.69) is 10.4 Å². The molecule has 0 aliphatic heterocycles. The lowest BCUT2D eigenvalue weighted by Crippen LogP contribution is -2.29. The van der Waals surface area contributed by atoms with Crippen LogP contribution in [0.4, 0.5) is 9.18 Å². The van der Waals surface area contributed by atoms with E-state index in [1.165, 1.54) is 31.4 Å². The zero-order valence-corrected chi connectivity index (χ0v) is 18.8. The van der Waals surface area contributed by atoms with Gasteiger partial charge in [0.2, 0.25) is 0 Å². The van der Waals surface area contributed by atoms with Crippen LogP contribution < -0.4 is 15.8 Å². The van der Waals surface area contributed by atoms with Crippen LogP contribution in [0.25, 0.3) is 23.1 Å². The zero-order valence-electron chi connectivity index (χ0n) is 18.8. The van der Waals surface area contributed by atoms with Gasteiger partial charge >= 0.3 is 12.0 Å². The number of primary amides is 1. The van der Waals surface area contributed by atoms with Gasteiger partial charge in [-0.2, -0.15) is 9.78 Å². The molecule has 0 unspecified atom stereocenters. The molecule has 178 valence electrons. The Labute approximate surface area is 195 Å². The summed E-state index contributed by atoms with van der Waals surface area (Å²) in [5.41, 5.74) is 6.81. The molecule has 2 amide bonds. The fourth-order valence-corrected chi connectivity index (χ4v) is 3.28. The highest BCUT2D eigenvalue weighted by Gasteiger charge is 2.23. The molecule has 0 saturated carbocycles. The topological polar surface area (TPSA) is 126 Å². The Balaban J connectivity index is 1.96. The smallest absolute Gasteiger partial charge is 0.342 e. The number of carbonyl (C=O) groups is 3. The number of methoxy groups -OCH3 is 1. The summed E-state index contributed by atoms with van der Waals surface area (Å²) >= 11 is 0. The number of nitrogens with two attached hydrogens (primary N) is 1. The van der Waals surface area contributed by atoms with Crippen molar-refractivity contribution in [2.75, 3.05) is 20.3 Å². The number of nitrogens with one attached hydrogen (secondary N) is 1. The second-order valence-electron chi connectivity index (χ2n) is 7.34. The average molecular weight is 468 g/mol. The maximum absolute atomic E-state index is 13.2. The van der Waals surface area contributed by atoms with Crippen molar-refractivity contribution >= 4 is 41.0 Å². The molecule has 0 atom stereocenters. The minimum Gasteiger partial charge on any atom is -0.495 e. The summed E-state index contributed by atoms with van der Waals surface area (Å²) in [5.74, 6) is -1.44. The Hall–Kier alpha value is -4.21. The quantitative estimate of drug-likeness (QED) is 0.366. The van der Waals surface area contributed by atoms with Crippen LogP contribution in [-0.4, -0.2) is 47.9 Å². The number of unbranched alkanes of at least 4 members (excludes halogenated alkanes) is 1. The van der Waals surface area contributed by atoms with Crippen molar-refractivity contribution in [2.45, 2.75) is 19.8 Å². The van der Waals surface area contributed by atoms with E-state index in [1.54, 1.807) is 24.3 Å². The van der Waals surface area contributed by atoms with Crippen molar-refractivity contribution in [3.8, 4) is 5.75 Å². The van der Waals surface area contributed by atoms with E-state index >= 15 is 0 Å². The molecule has 0 saturated heterocycles. The number of aromatic nitrogens is 2. The summed E-state index contributed by atoms with van der Waals surface area (Å²) in [7, 11) is 1.36. The van der Waals surface area contributed by atoms with Crippen molar-refractivity contribution in [2.24, 2.45) is 5.73 Å². The van der Waals surface area contributed by atoms with Gasteiger partial charge in [0.25, 0.3) is 5.91 Å². The number of hydrogen-bond acceptors (Lipinski definition) is 6. The van der Waals surface area contributed by atoms with Crippen LogP contribution in [0, 0.1) is 5.82 Å². The monoisotopic (exact) mass is 468 g/mol. The summed E-state index contributed by atoms with van der Waals surface area (Å²) < 4.78 is 24.8. The Bertz CT molecular complexity index is 1230. The summed E-state index contributed by atoms with van der Waals surface area (Å²) in [6.07, 6.45) is 5.00. The number of esters is 1. The third kappa shape index (κ3) is 5.58. The van der Waals surface area contributed by atoms with Crippen molar-refractivity contribution in [1.29, 1.82) is 0 Å². The van der Waals surface area contributed by atoms with E-state index in [-0.39, 0.29) is 17.1 Å². The molecule has 0 bridgehead atoms. The van der Waals surface area contributed by atoms with E-state index in [1.807, 2.05) is 6.92 Å². The molecule has 9 nitrogen and oxygen atoms in total. The molecule has 3 aromatic rings. The van der Waals surface area contributed by atoms with Crippen molar-refractivity contribution in [1.82, 2.24) is 15.1 Å². The Kier molecular flexibility index (Phi) is 7.96. The van der Waals surface area contributed by atoms with Gasteiger partial charge < -0.3 is 20.5 Å². The lowest BCUT2D eigenvalue weighted by atomic mass is 10.1. The van der Waals surface area contributed by atoms with Crippen molar-refractivity contribution < 1.29 is 28.2 Å². The normalized spacial score (nSPS) is 11.0. The summed E-state index contributed by atoms with van der Waals surface area (Å²) in [6.45, 7) is 2.05. The van der Waals surface area contributed by atoms with Crippen LogP contribution in [0.2, 0.25) is 0 Å². The van der Waals surface area contributed by atoms with Gasteiger partial charge in [-0.1, -0.05) is 31.6 Å². The molecule has 0 aliphatic rings. The fraction of sp³-hybridized carbons (Fsp3) is 0.250. The first-order valence-electron chi connectivity index (χ1n) is 10.6. The summed E-state index contributed by atoms with van der Waals surface area (Å²) in [6, 6.07) is 7.85. The SMILES string of the molecule is CCCCNC(=O)COC(=O)c1ccc2c(c(C=Cc3ccc(F)cc3)nn2C(N)=O)c1OC. The summed E-state index contributed by atoms with van der Waals surface area (Å²) in [5, 5.41) is 7.24. The van der Waals surface area contributed by atoms with Crippen LogP contribution in [0.5, 0.6) is 5.75 Å². The first kappa shape index (κ1) is 24.4. The number of carbonyl (C=O) groups excluding carboxylic acids is 3. The van der Waals surface area contributed by atoms with Gasteiger partial charge in [0.1, 0.15) is 17.1 Å². The number of rotatable bonds is 9. The van der Waals surface area contributed by atoms with Crippen LogP contribution in [0.3, 0.4) is 0 Å². The second-order valence-corrected chi connectivity index (χ2v) is 7.34. The van der Waals surface area contributed by atoms with Crippen molar-refractivity contribution in [3.63, 3.8) is 0 Å². The van der Waals surface area contributed by atoms with Crippen LogP contribution >= 0.6 is 0 Å². The molecule has 0 radical (unpaired) electrons. The van der Waals surface area contributed by atoms with Gasteiger partial charge in [-0.25, -0.2) is 14.0 Å². The molecule has 2 aromatic carbocycles. The van der Waals surface area contributed by atoms with Gasteiger partial charge in [0, 0.05) is 6.54 Å². The van der Waals surface area contributed by atoms with E-state index in [9.17, 15) is 18.8 Å². The molecule has 3 N–H and O–H groups in total. The molecule has 34 heavy (non-hydrogen) atoms. The molecule has 3 rings (SSSR count). The molecule has 0 aliphatic carbocycles. The number of benzene rings is 2. The average Bonchev–Trinajstić information content (AvgIpc) is 3.21. The number of fused-ring (bicyclic) bond motifs is 1. The minimum atomic E-state index is -0.826. The van der Waals surface area contributed by atoms with E-state index in [0.29, 0.717) is 28.7 Å². The number of hydrogen-bond donors (Lipinski definition) is 2. The molecule has 1 aromatic heterocycles. The lowest BCUT2D eigenvalue weighted by molar-refractivity contribution is -0.124. The molecule has 0 fully saturated rings. The number of halogens is 1. The standard InChI is InChI=1S/C24H25FN4O5/c1-3-4-13-27-20(30)14-34-23(31)17-10-12-19-21(22(17)33-2)18(28-29(19)24(26)32)11-7-15-5-8-16(25)9-6-15/h5-12H,3-4,13-14H2,1-2H3,(H2,26,32)(H,27,30). The molecular weight excluding hydrogens is 443 g/mol. The predicted octanol–water partition coefficient (Wildman–Crippen LogP) is 3.35. The molecular formula is C24H25FN4O5. The van der Waals surface area contributed by atoms with Gasteiger partial charge in [-0.3, -0.25) is 4.79 Å². The summed E-state index contributed by atoms with van der Waals surface area (Å²) in [4.78, 5) is 36.5. The van der Waals surface area contributed by atoms with Gasteiger partial charge in [0.05, 0.1) is 23.7 Å². The Morgan fingerprint density at radius 2 is 1.88 bits per heavy atom. The highest BCUT2D eigenvalue weighted by Crippen LogP contribution is 2.34. The Morgan fingerprint density at radius 1 is 1.15 bits per heavy atom. The number of ether oxygens (including phenoxy) is 2. The van der Waals surface area contributed by atoms with Gasteiger partial charge in [-0.15, -0.1) is 0 Å². The second kappa shape index (κ2) is 11.1.